The van der Waals surface area contributed by atoms with Crippen molar-refractivity contribution < 1.29 is 13.2 Å². The first-order valence-corrected chi connectivity index (χ1v) is 9.08. The quantitative estimate of drug-likeness (QED) is 0.755. The second-order valence-electron chi connectivity index (χ2n) is 5.48. The number of carbonyl (C=O) groups excluding carboxylic acids is 1. The van der Waals surface area contributed by atoms with E-state index in [-0.39, 0.29) is 15.5 Å². The van der Waals surface area contributed by atoms with Crippen LogP contribution in [0.5, 0.6) is 0 Å². The number of hydrogen-bond acceptors (Lipinski definition) is 4. The number of sulfonamides is 1. The molecule has 1 aromatic heterocycles. The van der Waals surface area contributed by atoms with Crippen molar-refractivity contribution in [1.82, 2.24) is 14.0 Å². The largest absolute Gasteiger partial charge is 0.270 e. The Kier molecular flexibility index (Phi) is 4.51. The Morgan fingerprint density at radius 2 is 1.92 bits per heavy atom. The molecule has 0 saturated carbocycles. The van der Waals surface area contributed by atoms with Crippen LogP contribution in [-0.4, -0.2) is 42.4 Å². The van der Waals surface area contributed by atoms with Gasteiger partial charge in [0.1, 0.15) is 11.2 Å². The molecule has 0 radical (unpaired) electrons. The lowest BCUT2D eigenvalue weighted by molar-refractivity contribution is 0.101. The summed E-state index contributed by atoms with van der Waals surface area (Å²) in [5, 5.41) is 0.0540. The summed E-state index contributed by atoms with van der Waals surface area (Å²) < 4.78 is 27.1. The maximum absolute atomic E-state index is 12.5. The van der Waals surface area contributed by atoms with E-state index in [1.807, 2.05) is 24.3 Å². The molecule has 0 aliphatic heterocycles. The van der Waals surface area contributed by atoms with E-state index in [1.54, 1.807) is 0 Å². The van der Waals surface area contributed by atoms with Gasteiger partial charge in [-0.2, -0.15) is 0 Å². The van der Waals surface area contributed by atoms with Gasteiger partial charge in [-0.25, -0.2) is 22.4 Å². The van der Waals surface area contributed by atoms with Crippen LogP contribution >= 0.6 is 11.6 Å². The zero-order chi connectivity index (χ0) is 18.2. The highest BCUT2D eigenvalue weighted by atomic mass is 35.5. The monoisotopic (exact) mass is 378 g/mol. The van der Waals surface area contributed by atoms with E-state index in [4.69, 9.17) is 11.6 Å². The van der Waals surface area contributed by atoms with Gasteiger partial charge in [0, 0.05) is 19.7 Å². The molecule has 3 aromatic rings. The second-order valence-corrected chi connectivity index (χ2v) is 8.00. The third-order valence-electron chi connectivity index (χ3n) is 3.63. The summed E-state index contributed by atoms with van der Waals surface area (Å²) in [6, 6.07) is 11.4. The topological polar surface area (TPSA) is 84.3 Å². The van der Waals surface area contributed by atoms with Crippen molar-refractivity contribution in [2.75, 3.05) is 19.5 Å². The number of imidazole rings is 1. The van der Waals surface area contributed by atoms with Crippen LogP contribution in [0.2, 0.25) is 5.02 Å². The number of hydrogen-bond donors (Lipinski definition) is 1. The molecule has 1 N–H and O–H groups in total. The molecule has 9 heteroatoms. The van der Waals surface area contributed by atoms with Gasteiger partial charge in [-0.15, -0.1) is 0 Å². The van der Waals surface area contributed by atoms with E-state index >= 15 is 0 Å². The van der Waals surface area contributed by atoms with E-state index in [0.29, 0.717) is 0 Å². The highest BCUT2D eigenvalue weighted by molar-refractivity contribution is 7.89. The van der Waals surface area contributed by atoms with E-state index in [0.717, 1.165) is 15.3 Å². The predicted molar refractivity (Wildman–Crippen MR) is 95.7 cm³/mol. The summed E-state index contributed by atoms with van der Waals surface area (Å²) in [7, 11) is -0.960. The van der Waals surface area contributed by atoms with Gasteiger partial charge < -0.3 is 0 Å². The van der Waals surface area contributed by atoms with Crippen LogP contribution in [0.25, 0.3) is 11.0 Å². The maximum Gasteiger partial charge on any atom is 0.270 e. The molecule has 1 heterocycles. The van der Waals surface area contributed by atoms with Gasteiger partial charge in [0.25, 0.3) is 5.91 Å². The molecule has 3 rings (SSSR count). The van der Waals surface area contributed by atoms with Gasteiger partial charge in [0.15, 0.2) is 0 Å². The SMILES string of the molecule is CN(C)S(=O)(=O)c1cc(C(=O)Nn2cnc3ccccc32)ccc1Cl. The van der Waals surface area contributed by atoms with Crippen LogP contribution in [0, 0.1) is 0 Å². The third kappa shape index (κ3) is 3.23. The lowest BCUT2D eigenvalue weighted by Gasteiger charge is -2.14. The molecule has 1 amide bonds. The van der Waals surface area contributed by atoms with Crippen LogP contribution in [0.4, 0.5) is 0 Å². The van der Waals surface area contributed by atoms with E-state index < -0.39 is 15.9 Å². The van der Waals surface area contributed by atoms with Gasteiger partial charge in [-0.3, -0.25) is 10.2 Å². The number of fused-ring (bicyclic) bond motifs is 1. The van der Waals surface area contributed by atoms with E-state index in [9.17, 15) is 13.2 Å². The number of nitrogens with one attached hydrogen (secondary N) is 1. The van der Waals surface area contributed by atoms with Crippen LogP contribution in [0.15, 0.2) is 53.7 Å². The number of rotatable bonds is 4. The molecule has 130 valence electrons. The normalized spacial score (nSPS) is 11.8. The molecule has 0 bridgehead atoms. The lowest BCUT2D eigenvalue weighted by atomic mass is 10.2. The molecule has 0 unspecified atom stereocenters. The van der Waals surface area contributed by atoms with Gasteiger partial charge >= 0.3 is 0 Å². The van der Waals surface area contributed by atoms with Crippen molar-refractivity contribution >= 4 is 38.6 Å². The zero-order valence-electron chi connectivity index (χ0n) is 13.5. The van der Waals surface area contributed by atoms with Crippen molar-refractivity contribution in [1.29, 1.82) is 0 Å². The smallest absolute Gasteiger partial charge is 0.267 e. The third-order valence-corrected chi connectivity index (χ3v) is 5.92. The fraction of sp³-hybridized carbons (Fsp3) is 0.125. The summed E-state index contributed by atoms with van der Waals surface area (Å²) in [5.74, 6) is -0.477. The van der Waals surface area contributed by atoms with Crippen molar-refractivity contribution in [3.8, 4) is 0 Å². The minimum absolute atomic E-state index is 0.0540. The number of aromatic nitrogens is 2. The number of amides is 1. The molecule has 0 fully saturated rings. The molecule has 25 heavy (non-hydrogen) atoms. The molecular formula is C16H15ClN4O3S. The van der Waals surface area contributed by atoms with Gasteiger partial charge in [-0.1, -0.05) is 23.7 Å². The summed E-state index contributed by atoms with van der Waals surface area (Å²) >= 11 is 6.00. The minimum atomic E-state index is -3.76. The first-order valence-electron chi connectivity index (χ1n) is 7.26. The molecule has 7 nitrogen and oxygen atoms in total. The Morgan fingerprint density at radius 1 is 1.20 bits per heavy atom. The Morgan fingerprint density at radius 3 is 2.64 bits per heavy atom. The average Bonchev–Trinajstić information content (AvgIpc) is 2.98. The van der Waals surface area contributed by atoms with Crippen molar-refractivity contribution in [2.45, 2.75) is 4.90 Å². The Hall–Kier alpha value is -2.42. The summed E-state index contributed by atoms with van der Waals surface area (Å²) in [4.78, 5) is 16.6. The molecule has 0 spiro atoms. The number of carbonyl (C=O) groups is 1. The lowest BCUT2D eigenvalue weighted by Crippen LogP contribution is -2.25. The van der Waals surface area contributed by atoms with E-state index in [1.165, 1.54) is 43.3 Å². The van der Waals surface area contributed by atoms with Crippen LogP contribution in [0.3, 0.4) is 0 Å². The van der Waals surface area contributed by atoms with Gasteiger partial charge in [0.05, 0.1) is 16.1 Å². The number of halogens is 1. The summed E-state index contributed by atoms with van der Waals surface area (Å²) in [6.45, 7) is 0. The van der Waals surface area contributed by atoms with Crippen molar-refractivity contribution in [3.63, 3.8) is 0 Å². The Labute approximate surface area is 149 Å². The summed E-state index contributed by atoms with van der Waals surface area (Å²) in [5.41, 5.74) is 4.30. The standard InChI is InChI=1S/C16H15ClN4O3S/c1-20(2)25(23,24)15-9-11(7-8-12(15)17)16(22)19-21-10-18-13-5-3-4-6-14(13)21/h3-10H,1-2H3,(H,19,22). The van der Waals surface area contributed by atoms with Crippen LogP contribution < -0.4 is 5.43 Å². The van der Waals surface area contributed by atoms with Crippen LogP contribution in [-0.2, 0) is 10.0 Å². The van der Waals surface area contributed by atoms with Crippen molar-refractivity contribution in [2.24, 2.45) is 0 Å². The number of para-hydroxylation sites is 2. The number of benzene rings is 2. The van der Waals surface area contributed by atoms with Gasteiger partial charge in [0.2, 0.25) is 10.0 Å². The second kappa shape index (κ2) is 6.47. The minimum Gasteiger partial charge on any atom is -0.267 e. The molecule has 0 aliphatic carbocycles. The Balaban J connectivity index is 1.96. The van der Waals surface area contributed by atoms with E-state index in [2.05, 4.69) is 10.4 Å². The molecular weight excluding hydrogens is 364 g/mol. The average molecular weight is 379 g/mol. The maximum atomic E-state index is 12.5. The summed E-state index contributed by atoms with van der Waals surface area (Å²) in [6.07, 6.45) is 1.48. The molecule has 0 aliphatic rings. The molecule has 0 saturated heterocycles. The van der Waals surface area contributed by atoms with Gasteiger partial charge in [-0.05, 0) is 30.3 Å². The fourth-order valence-corrected chi connectivity index (χ4v) is 3.65. The predicted octanol–water partition coefficient (Wildman–Crippen LogP) is 2.32. The Bertz CT molecular complexity index is 1060. The fourth-order valence-electron chi connectivity index (χ4n) is 2.26. The number of nitrogens with zero attached hydrogens (tertiary/aromatic N) is 3. The first kappa shape index (κ1) is 17.4. The zero-order valence-corrected chi connectivity index (χ0v) is 15.0. The first-order chi connectivity index (χ1) is 11.8. The van der Waals surface area contributed by atoms with Crippen LogP contribution in [0.1, 0.15) is 10.4 Å². The molecule has 2 aromatic carbocycles. The molecule has 0 atom stereocenters. The van der Waals surface area contributed by atoms with Crippen molar-refractivity contribution in [3.05, 3.63) is 59.4 Å². The highest BCUT2D eigenvalue weighted by Crippen LogP contribution is 2.25. The highest BCUT2D eigenvalue weighted by Gasteiger charge is 2.22.